The minimum atomic E-state index is -1.24. The van der Waals surface area contributed by atoms with Gasteiger partial charge in [0.25, 0.3) is 0 Å². The van der Waals surface area contributed by atoms with Crippen LogP contribution in [-0.4, -0.2) is 44.1 Å². The molecule has 5 atom stereocenters. The zero-order valence-corrected chi connectivity index (χ0v) is 11.4. The molecule has 0 amide bonds. The number of esters is 2. The van der Waals surface area contributed by atoms with Crippen LogP contribution >= 0.6 is 0 Å². The van der Waals surface area contributed by atoms with E-state index in [9.17, 15) is 14.4 Å². The number of epoxide rings is 1. The average molecular weight is 278 g/mol. The van der Waals surface area contributed by atoms with Gasteiger partial charge in [-0.25, -0.2) is 0 Å². The highest BCUT2D eigenvalue weighted by Crippen LogP contribution is 2.92. The average Bonchev–Trinajstić information content (AvgIpc) is 3.29. The van der Waals surface area contributed by atoms with Crippen molar-refractivity contribution in [1.82, 2.24) is 0 Å². The number of hydrogen-bond donors (Lipinski definition) is 0. The van der Waals surface area contributed by atoms with Crippen molar-refractivity contribution >= 4 is 17.7 Å². The number of ether oxygens (including phenoxy) is 3. The molecule has 6 nitrogen and oxygen atoms in total. The molecule has 1 spiro atoms. The molecule has 1 aliphatic heterocycles. The first-order valence-corrected chi connectivity index (χ1v) is 6.47. The summed E-state index contributed by atoms with van der Waals surface area (Å²) >= 11 is 0. The second-order valence-electron chi connectivity index (χ2n) is 6.07. The molecule has 106 valence electrons. The van der Waals surface area contributed by atoms with Crippen LogP contribution in [-0.2, 0) is 28.6 Å². The van der Waals surface area contributed by atoms with Gasteiger partial charge in [0.2, 0.25) is 0 Å². The fourth-order valence-electron chi connectivity index (χ4n) is 5.08. The predicted molar refractivity (Wildman–Crippen MR) is 63.3 cm³/mol. The van der Waals surface area contributed by atoms with Crippen LogP contribution in [0.25, 0.3) is 0 Å². The molecule has 6 heteroatoms. The third-order valence-electron chi connectivity index (χ3n) is 5.95. The van der Waals surface area contributed by atoms with E-state index in [-0.39, 0.29) is 5.78 Å². The monoisotopic (exact) mass is 278 g/mol. The third-order valence-corrected chi connectivity index (χ3v) is 5.95. The molecule has 3 fully saturated rings. The zero-order chi connectivity index (χ0) is 14.6. The summed E-state index contributed by atoms with van der Waals surface area (Å²) in [5.74, 6) is -1.73. The Balaban J connectivity index is 1.98. The van der Waals surface area contributed by atoms with E-state index in [0.29, 0.717) is 6.61 Å². The molecule has 1 heterocycles. The quantitative estimate of drug-likeness (QED) is 0.397. The Kier molecular flexibility index (Phi) is 1.71. The second kappa shape index (κ2) is 2.83. The van der Waals surface area contributed by atoms with Crippen molar-refractivity contribution in [3.8, 4) is 0 Å². The Labute approximate surface area is 115 Å². The first-order valence-electron chi connectivity index (χ1n) is 6.47. The molecule has 0 aromatic carbocycles. The van der Waals surface area contributed by atoms with E-state index in [1.165, 1.54) is 14.2 Å². The summed E-state index contributed by atoms with van der Waals surface area (Å²) in [6.07, 6.45) is 3.39. The fraction of sp³-hybridized carbons (Fsp3) is 0.643. The van der Waals surface area contributed by atoms with E-state index in [1.807, 2.05) is 0 Å². The number of Topliss-reactive ketones (excluding diaryl/α,β-unsaturated/α-hetero) is 1. The maximum atomic E-state index is 12.8. The minimum Gasteiger partial charge on any atom is -0.469 e. The van der Waals surface area contributed by atoms with Gasteiger partial charge in [0.1, 0.15) is 10.8 Å². The summed E-state index contributed by atoms with van der Waals surface area (Å²) < 4.78 is 15.2. The van der Waals surface area contributed by atoms with E-state index < -0.39 is 39.7 Å². The number of fused-ring (bicyclic) bond motifs is 2. The first kappa shape index (κ1) is 12.1. The highest BCUT2D eigenvalue weighted by Gasteiger charge is 3.05. The summed E-state index contributed by atoms with van der Waals surface area (Å²) in [5, 5.41) is 0. The van der Waals surface area contributed by atoms with E-state index in [0.717, 1.165) is 0 Å². The van der Waals surface area contributed by atoms with Gasteiger partial charge in [-0.2, -0.15) is 0 Å². The lowest BCUT2D eigenvalue weighted by Crippen LogP contribution is -2.40. The zero-order valence-electron chi connectivity index (χ0n) is 11.4. The topological polar surface area (TPSA) is 82.2 Å². The Bertz CT molecular complexity index is 617. The molecule has 4 rings (SSSR count). The van der Waals surface area contributed by atoms with Crippen LogP contribution in [0.5, 0.6) is 0 Å². The van der Waals surface area contributed by atoms with Gasteiger partial charge in [0, 0.05) is 5.92 Å². The molecule has 4 aliphatic rings. The molecule has 3 aliphatic carbocycles. The van der Waals surface area contributed by atoms with Gasteiger partial charge in [-0.15, -0.1) is 0 Å². The van der Waals surface area contributed by atoms with Crippen molar-refractivity contribution < 1.29 is 28.6 Å². The van der Waals surface area contributed by atoms with Crippen molar-refractivity contribution in [2.45, 2.75) is 12.5 Å². The van der Waals surface area contributed by atoms with Gasteiger partial charge in [0.05, 0.1) is 26.2 Å². The lowest BCUT2D eigenvalue weighted by molar-refractivity contribution is -0.157. The van der Waals surface area contributed by atoms with Crippen molar-refractivity contribution in [2.24, 2.45) is 22.2 Å². The Morgan fingerprint density at radius 1 is 1.30 bits per heavy atom. The van der Waals surface area contributed by atoms with Crippen LogP contribution in [0, 0.1) is 22.2 Å². The van der Waals surface area contributed by atoms with Crippen molar-refractivity contribution in [1.29, 1.82) is 0 Å². The number of hydrogen-bond acceptors (Lipinski definition) is 6. The molecule has 20 heavy (non-hydrogen) atoms. The van der Waals surface area contributed by atoms with Crippen LogP contribution in [0.1, 0.15) is 6.92 Å². The highest BCUT2D eigenvalue weighted by atomic mass is 16.6. The van der Waals surface area contributed by atoms with Crippen LogP contribution in [0.2, 0.25) is 0 Å². The molecule has 0 radical (unpaired) electrons. The largest absolute Gasteiger partial charge is 0.469 e. The van der Waals surface area contributed by atoms with E-state index >= 15 is 0 Å². The number of carbonyl (C=O) groups excluding carboxylic acids is 3. The molecule has 0 aromatic heterocycles. The molecule has 3 unspecified atom stereocenters. The molecule has 0 aromatic rings. The van der Waals surface area contributed by atoms with Crippen molar-refractivity contribution in [3.05, 3.63) is 12.2 Å². The van der Waals surface area contributed by atoms with Gasteiger partial charge in [-0.3, -0.25) is 14.4 Å². The van der Waals surface area contributed by atoms with Crippen LogP contribution in [0.15, 0.2) is 12.2 Å². The third kappa shape index (κ3) is 0.692. The summed E-state index contributed by atoms with van der Waals surface area (Å²) in [6, 6.07) is 0. The van der Waals surface area contributed by atoms with Gasteiger partial charge < -0.3 is 14.2 Å². The van der Waals surface area contributed by atoms with Crippen LogP contribution in [0.3, 0.4) is 0 Å². The number of rotatable bonds is 2. The van der Waals surface area contributed by atoms with Crippen LogP contribution < -0.4 is 0 Å². The smallest absolute Gasteiger partial charge is 0.317 e. The summed E-state index contributed by atoms with van der Waals surface area (Å²) in [7, 11) is 2.53. The number of carbonyl (C=O) groups is 3. The standard InChI is InChI=1S/C14H14O6/c1-11-8(15)12(6-20-12)7-4-5-13(11,9(16)18-2)14(7,11)10(17)19-3/h4-5,7H,6H2,1-3H3/t7?,11?,12-,13?,14+/m0/s1. The Morgan fingerprint density at radius 3 is 2.40 bits per heavy atom. The molecule has 0 N–H and O–H groups in total. The minimum absolute atomic E-state index is 0.184. The first-order chi connectivity index (χ1) is 9.41. The molecular formula is C14H14O6. The highest BCUT2D eigenvalue weighted by molar-refractivity contribution is 6.19. The SMILES string of the molecule is COC(=O)C12C=CC3[C@@]1(C(=O)OC)C2(C)C(=O)[C@]31CO1. The van der Waals surface area contributed by atoms with E-state index in [1.54, 1.807) is 19.1 Å². The molecular weight excluding hydrogens is 264 g/mol. The number of ketones is 1. The predicted octanol–water partition coefficient (Wildman–Crippen LogP) is -0.137. The summed E-state index contributed by atoms with van der Waals surface area (Å²) in [6.45, 7) is 1.95. The molecule has 2 saturated carbocycles. The van der Waals surface area contributed by atoms with Gasteiger partial charge >= 0.3 is 11.9 Å². The maximum absolute atomic E-state index is 12.8. The molecule has 1 saturated heterocycles. The van der Waals surface area contributed by atoms with Crippen molar-refractivity contribution in [2.75, 3.05) is 20.8 Å². The lowest BCUT2D eigenvalue weighted by atomic mass is 9.80. The summed E-state index contributed by atoms with van der Waals surface area (Å²) in [5.41, 5.74) is -4.50. The lowest BCUT2D eigenvalue weighted by Gasteiger charge is -2.22. The normalized spacial score (nSPS) is 53.0. The van der Waals surface area contributed by atoms with Gasteiger partial charge in [-0.1, -0.05) is 12.2 Å². The van der Waals surface area contributed by atoms with Gasteiger partial charge in [-0.05, 0) is 6.92 Å². The summed E-state index contributed by atoms with van der Waals surface area (Å²) in [4.78, 5) is 37.5. The van der Waals surface area contributed by atoms with Crippen LogP contribution in [0.4, 0.5) is 0 Å². The fourth-order valence-corrected chi connectivity index (χ4v) is 5.08. The van der Waals surface area contributed by atoms with E-state index in [4.69, 9.17) is 14.2 Å². The Hall–Kier alpha value is -1.69. The second-order valence-corrected chi connectivity index (χ2v) is 6.07. The maximum Gasteiger partial charge on any atom is 0.317 e. The van der Waals surface area contributed by atoms with Crippen molar-refractivity contribution in [3.63, 3.8) is 0 Å². The van der Waals surface area contributed by atoms with E-state index in [2.05, 4.69) is 0 Å². The molecule has 0 bridgehead atoms. The van der Waals surface area contributed by atoms with Gasteiger partial charge in [0.15, 0.2) is 11.4 Å². The Morgan fingerprint density at radius 2 is 1.90 bits per heavy atom. The number of methoxy groups -OCH3 is 2.